The molecule has 0 fully saturated rings. The maximum Gasteiger partial charge on any atom is 0.262 e. The quantitative estimate of drug-likeness (QED) is 0.578. The number of carbonyl (C=O) groups is 2. The molecule has 0 unspecified atom stereocenters. The largest absolute Gasteiger partial charge is 0.497 e. The molecule has 0 bridgehead atoms. The summed E-state index contributed by atoms with van der Waals surface area (Å²) in [5, 5.41) is 5.61. The van der Waals surface area contributed by atoms with Crippen molar-refractivity contribution in [2.45, 2.75) is 13.3 Å². The molecular weight excluding hydrogens is 380 g/mol. The zero-order valence-electron chi connectivity index (χ0n) is 17.0. The summed E-state index contributed by atoms with van der Waals surface area (Å²) in [6.45, 7) is 1.96. The molecule has 30 heavy (non-hydrogen) atoms. The molecule has 3 aromatic carbocycles. The minimum absolute atomic E-state index is 0.118. The first-order valence-corrected chi connectivity index (χ1v) is 9.64. The average Bonchev–Trinajstić information content (AvgIpc) is 2.79. The summed E-state index contributed by atoms with van der Waals surface area (Å²) in [7, 11) is 1.59. The van der Waals surface area contributed by atoms with Crippen LogP contribution in [0.15, 0.2) is 72.8 Å². The lowest BCUT2D eigenvalue weighted by atomic mass is 10.1. The van der Waals surface area contributed by atoms with Crippen molar-refractivity contribution in [3.63, 3.8) is 0 Å². The SMILES string of the molecule is CCc1ccc(NC(=O)COc2ccc(C(=O)Nc3ccc(OC)cc3)cc2)cc1. The molecule has 0 aromatic heterocycles. The Morgan fingerprint density at radius 3 is 1.93 bits per heavy atom. The van der Waals surface area contributed by atoms with Crippen molar-refractivity contribution in [3.05, 3.63) is 83.9 Å². The summed E-state index contributed by atoms with van der Waals surface area (Å²) >= 11 is 0. The molecule has 0 saturated carbocycles. The molecule has 0 radical (unpaired) electrons. The Morgan fingerprint density at radius 2 is 1.33 bits per heavy atom. The number of aryl methyl sites for hydroxylation is 1. The number of hydrogen-bond acceptors (Lipinski definition) is 4. The minimum atomic E-state index is -0.249. The molecule has 2 amide bonds. The van der Waals surface area contributed by atoms with Crippen molar-refractivity contribution in [2.24, 2.45) is 0 Å². The van der Waals surface area contributed by atoms with Gasteiger partial charge in [-0.15, -0.1) is 0 Å². The first-order valence-electron chi connectivity index (χ1n) is 9.64. The third-order valence-electron chi connectivity index (χ3n) is 4.48. The molecule has 0 heterocycles. The van der Waals surface area contributed by atoms with Crippen molar-refractivity contribution < 1.29 is 19.1 Å². The monoisotopic (exact) mass is 404 g/mol. The van der Waals surface area contributed by atoms with E-state index in [2.05, 4.69) is 17.6 Å². The number of carbonyl (C=O) groups excluding carboxylic acids is 2. The summed E-state index contributed by atoms with van der Waals surface area (Å²) in [4.78, 5) is 24.4. The van der Waals surface area contributed by atoms with Crippen LogP contribution in [-0.2, 0) is 11.2 Å². The van der Waals surface area contributed by atoms with E-state index < -0.39 is 0 Å². The average molecular weight is 404 g/mol. The molecule has 3 rings (SSSR count). The number of benzene rings is 3. The van der Waals surface area contributed by atoms with E-state index in [1.54, 1.807) is 55.6 Å². The maximum atomic E-state index is 12.3. The van der Waals surface area contributed by atoms with E-state index in [1.807, 2.05) is 24.3 Å². The Balaban J connectivity index is 1.49. The molecule has 6 nitrogen and oxygen atoms in total. The molecule has 2 N–H and O–H groups in total. The van der Waals surface area contributed by atoms with Gasteiger partial charge in [-0.25, -0.2) is 0 Å². The first kappa shape index (κ1) is 20.9. The third-order valence-corrected chi connectivity index (χ3v) is 4.48. The number of methoxy groups -OCH3 is 1. The standard InChI is InChI=1S/C24H24N2O4/c1-3-17-4-8-19(9-5-17)25-23(27)16-30-22-12-6-18(7-13-22)24(28)26-20-10-14-21(29-2)15-11-20/h4-15H,3,16H2,1-2H3,(H,25,27)(H,26,28). The van der Waals surface area contributed by atoms with Crippen LogP contribution in [-0.4, -0.2) is 25.5 Å². The molecule has 0 saturated heterocycles. The Kier molecular flexibility index (Phi) is 7.05. The zero-order chi connectivity index (χ0) is 21.3. The van der Waals surface area contributed by atoms with Crippen LogP contribution < -0.4 is 20.1 Å². The fourth-order valence-electron chi connectivity index (χ4n) is 2.75. The Labute approximate surface area is 175 Å². The Hall–Kier alpha value is -3.80. The van der Waals surface area contributed by atoms with Gasteiger partial charge in [0.25, 0.3) is 11.8 Å². The number of nitrogens with one attached hydrogen (secondary N) is 2. The number of anilines is 2. The molecule has 154 valence electrons. The molecular formula is C24H24N2O4. The van der Waals surface area contributed by atoms with E-state index in [-0.39, 0.29) is 18.4 Å². The fraction of sp³-hybridized carbons (Fsp3) is 0.167. The van der Waals surface area contributed by atoms with Gasteiger partial charge in [0.1, 0.15) is 11.5 Å². The van der Waals surface area contributed by atoms with E-state index in [1.165, 1.54) is 5.56 Å². The zero-order valence-corrected chi connectivity index (χ0v) is 17.0. The highest BCUT2D eigenvalue weighted by atomic mass is 16.5. The summed E-state index contributed by atoms with van der Waals surface area (Å²) in [5.74, 6) is 0.740. The predicted octanol–water partition coefficient (Wildman–Crippen LogP) is 4.53. The van der Waals surface area contributed by atoms with Crippen molar-refractivity contribution in [3.8, 4) is 11.5 Å². The predicted molar refractivity (Wildman–Crippen MR) is 117 cm³/mol. The van der Waals surface area contributed by atoms with Crippen LogP contribution in [0.5, 0.6) is 11.5 Å². The molecule has 0 spiro atoms. The van der Waals surface area contributed by atoms with E-state index in [0.717, 1.165) is 17.9 Å². The topological polar surface area (TPSA) is 76.7 Å². The lowest BCUT2D eigenvalue weighted by Crippen LogP contribution is -2.20. The molecule has 0 aliphatic rings. The summed E-state index contributed by atoms with van der Waals surface area (Å²) in [6, 6.07) is 21.4. The van der Waals surface area contributed by atoms with Crippen LogP contribution >= 0.6 is 0 Å². The second-order valence-electron chi connectivity index (χ2n) is 6.59. The van der Waals surface area contributed by atoms with Crippen LogP contribution in [0.2, 0.25) is 0 Å². The number of hydrogen-bond donors (Lipinski definition) is 2. The van der Waals surface area contributed by atoms with Gasteiger partial charge in [0.2, 0.25) is 0 Å². The van der Waals surface area contributed by atoms with Crippen molar-refractivity contribution in [1.29, 1.82) is 0 Å². The molecule has 0 aliphatic carbocycles. The fourth-order valence-corrected chi connectivity index (χ4v) is 2.75. The highest BCUT2D eigenvalue weighted by Gasteiger charge is 2.08. The van der Waals surface area contributed by atoms with Gasteiger partial charge in [0.05, 0.1) is 7.11 Å². The third kappa shape index (κ3) is 5.85. The molecule has 0 aliphatic heterocycles. The normalized spacial score (nSPS) is 10.2. The van der Waals surface area contributed by atoms with E-state index in [9.17, 15) is 9.59 Å². The van der Waals surface area contributed by atoms with Crippen LogP contribution in [0, 0.1) is 0 Å². The highest BCUT2D eigenvalue weighted by Crippen LogP contribution is 2.17. The van der Waals surface area contributed by atoms with Crippen molar-refractivity contribution in [2.75, 3.05) is 24.4 Å². The smallest absolute Gasteiger partial charge is 0.262 e. The minimum Gasteiger partial charge on any atom is -0.497 e. The van der Waals surface area contributed by atoms with Crippen LogP contribution in [0.1, 0.15) is 22.8 Å². The van der Waals surface area contributed by atoms with Crippen LogP contribution in [0.25, 0.3) is 0 Å². The lowest BCUT2D eigenvalue weighted by molar-refractivity contribution is -0.118. The maximum absolute atomic E-state index is 12.3. The molecule has 6 heteroatoms. The van der Waals surface area contributed by atoms with E-state index >= 15 is 0 Å². The van der Waals surface area contributed by atoms with Crippen molar-refractivity contribution >= 4 is 23.2 Å². The lowest BCUT2D eigenvalue weighted by Gasteiger charge is -2.09. The Bertz CT molecular complexity index is 981. The Morgan fingerprint density at radius 1 is 0.767 bits per heavy atom. The summed E-state index contributed by atoms with van der Waals surface area (Å²) in [6.07, 6.45) is 0.950. The van der Waals surface area contributed by atoms with Gasteiger partial charge in [-0.05, 0) is 72.6 Å². The van der Waals surface area contributed by atoms with Crippen LogP contribution in [0.4, 0.5) is 11.4 Å². The summed E-state index contributed by atoms with van der Waals surface area (Å²) < 4.78 is 10.6. The highest BCUT2D eigenvalue weighted by molar-refractivity contribution is 6.04. The molecule has 3 aromatic rings. The first-order chi connectivity index (χ1) is 14.6. The second kappa shape index (κ2) is 10.1. The van der Waals surface area contributed by atoms with Gasteiger partial charge in [-0.1, -0.05) is 19.1 Å². The van der Waals surface area contributed by atoms with Gasteiger partial charge in [0.15, 0.2) is 6.61 Å². The van der Waals surface area contributed by atoms with Gasteiger partial charge in [-0.2, -0.15) is 0 Å². The van der Waals surface area contributed by atoms with Gasteiger partial charge in [0, 0.05) is 16.9 Å². The second-order valence-corrected chi connectivity index (χ2v) is 6.59. The number of ether oxygens (including phenoxy) is 2. The van der Waals surface area contributed by atoms with Crippen LogP contribution in [0.3, 0.4) is 0 Å². The van der Waals surface area contributed by atoms with Crippen molar-refractivity contribution in [1.82, 2.24) is 0 Å². The number of rotatable bonds is 8. The van der Waals surface area contributed by atoms with E-state index in [4.69, 9.17) is 9.47 Å². The summed E-state index contributed by atoms with van der Waals surface area (Å²) in [5.41, 5.74) is 3.09. The van der Waals surface area contributed by atoms with Gasteiger partial charge >= 0.3 is 0 Å². The van der Waals surface area contributed by atoms with Gasteiger partial charge < -0.3 is 20.1 Å². The van der Waals surface area contributed by atoms with Gasteiger partial charge in [-0.3, -0.25) is 9.59 Å². The van der Waals surface area contributed by atoms with E-state index in [0.29, 0.717) is 17.0 Å². The molecule has 0 atom stereocenters. The number of amides is 2.